The number of amidine groups is 1. The maximum atomic E-state index is 9.77. The molecule has 8 nitrogen and oxygen atoms in total. The summed E-state index contributed by atoms with van der Waals surface area (Å²) in [5.41, 5.74) is 4.88. The highest BCUT2D eigenvalue weighted by atomic mass is 32.3. The van der Waals surface area contributed by atoms with Crippen LogP contribution in [0.15, 0.2) is 11.5 Å². The third kappa shape index (κ3) is 44.5. The van der Waals surface area contributed by atoms with E-state index in [9.17, 15) is 4.79 Å². The molecule has 0 saturated heterocycles. The normalized spacial score (nSPS) is 10.4. The Balaban J connectivity index is 0. The summed E-state index contributed by atoms with van der Waals surface area (Å²) in [5, 5.41) is 15.8. The molecular weight excluding hydrogens is 236 g/mol. The van der Waals surface area contributed by atoms with E-state index in [1.807, 2.05) is 0 Å². The smallest absolute Gasteiger partial charge is 0.328 e. The van der Waals surface area contributed by atoms with Gasteiger partial charge in [0.2, 0.25) is 0 Å². The first kappa shape index (κ1) is 15.4. The van der Waals surface area contributed by atoms with Gasteiger partial charge in [-0.3, -0.25) is 13.8 Å². The average Bonchev–Trinajstić information content (AvgIpc) is 1.80. The summed E-state index contributed by atoms with van der Waals surface area (Å²) in [7, 11) is -5.17. The third-order valence-corrected chi connectivity index (χ3v) is 0.932. The zero-order chi connectivity index (χ0) is 11.8. The molecule has 0 unspecified atom stereocenters. The van der Waals surface area contributed by atoms with Crippen molar-refractivity contribution < 1.29 is 27.4 Å². The molecule has 0 rings (SSSR count). The summed E-state index contributed by atoms with van der Waals surface area (Å²) in [4.78, 5) is 9.77. The van der Waals surface area contributed by atoms with Crippen LogP contribution in [0.4, 0.5) is 0 Å². The number of aliphatic carboxylic acids is 1. The zero-order valence-electron chi connectivity index (χ0n) is 6.54. The molecule has 0 amide bonds. The van der Waals surface area contributed by atoms with Gasteiger partial charge in [-0.2, -0.15) is 0 Å². The van der Waals surface area contributed by atoms with Crippen LogP contribution in [0, 0.1) is 5.41 Å². The van der Waals surface area contributed by atoms with Gasteiger partial charge in [0.15, 0.2) is 5.17 Å². The average molecular weight is 242 g/mol. The van der Waals surface area contributed by atoms with Crippen LogP contribution < -0.4 is 5.73 Å². The van der Waals surface area contributed by atoms with Crippen LogP contribution in [-0.2, 0) is 15.2 Å². The summed E-state index contributed by atoms with van der Waals surface area (Å²) in [6, 6.07) is 0. The van der Waals surface area contributed by atoms with Gasteiger partial charge in [0.1, 0.15) is 0 Å². The molecule has 0 aliphatic rings. The van der Waals surface area contributed by atoms with Gasteiger partial charge in [-0.1, -0.05) is 11.8 Å². The van der Waals surface area contributed by atoms with E-state index in [1.54, 1.807) is 0 Å². The molecule has 82 valence electrons. The summed E-state index contributed by atoms with van der Waals surface area (Å²) >= 11 is 0.859. The summed E-state index contributed by atoms with van der Waals surface area (Å²) in [5.74, 6) is -1.04. The lowest BCUT2D eigenvalue weighted by Crippen LogP contribution is -2.01. The van der Waals surface area contributed by atoms with E-state index in [4.69, 9.17) is 33.8 Å². The van der Waals surface area contributed by atoms with Crippen molar-refractivity contribution in [1.29, 1.82) is 5.41 Å². The Morgan fingerprint density at radius 3 is 2.07 bits per heavy atom. The predicted octanol–water partition coefficient (Wildman–Crippen LogP) is -1.13. The number of nitrogens with two attached hydrogens (primary N) is 1. The van der Waals surface area contributed by atoms with Crippen molar-refractivity contribution in [2.24, 2.45) is 5.73 Å². The van der Waals surface area contributed by atoms with Crippen molar-refractivity contribution in [3.8, 4) is 0 Å². The van der Waals surface area contributed by atoms with E-state index in [2.05, 4.69) is 0 Å². The number of carbonyl (C=O) groups is 1. The molecule has 0 fully saturated rings. The minimum atomic E-state index is -5.17. The van der Waals surface area contributed by atoms with Gasteiger partial charge >= 0.3 is 5.97 Å². The number of hydrogen-bond acceptors (Lipinski definition) is 7. The molecule has 0 heterocycles. The SMILES string of the molecule is N=C(N)S/C=C\C(=O)O.O=S(=O)([O-])[O-]. The van der Waals surface area contributed by atoms with Gasteiger partial charge in [-0.05, 0) is 5.41 Å². The Hall–Kier alpha value is -1.10. The Morgan fingerprint density at radius 1 is 1.50 bits per heavy atom. The molecule has 0 aliphatic carbocycles. The second kappa shape index (κ2) is 7.32. The van der Waals surface area contributed by atoms with Crippen LogP contribution in [0.3, 0.4) is 0 Å². The maximum absolute atomic E-state index is 9.77. The molecule has 0 aromatic rings. The van der Waals surface area contributed by atoms with Crippen molar-refractivity contribution >= 4 is 33.3 Å². The van der Waals surface area contributed by atoms with E-state index in [-0.39, 0.29) is 5.17 Å². The topological polar surface area (TPSA) is 167 Å². The molecule has 0 aromatic carbocycles. The highest BCUT2D eigenvalue weighted by Crippen LogP contribution is 1.97. The minimum absolute atomic E-state index is 0.118. The molecule has 0 spiro atoms. The third-order valence-electron chi connectivity index (χ3n) is 0.406. The summed E-state index contributed by atoms with van der Waals surface area (Å²) in [6.07, 6.45) is 0.923. The van der Waals surface area contributed by atoms with E-state index in [0.717, 1.165) is 17.8 Å². The first-order valence-electron chi connectivity index (χ1n) is 2.69. The lowest BCUT2D eigenvalue weighted by atomic mass is 10.7. The number of nitrogens with one attached hydrogen (secondary N) is 1. The molecular formula is C4H6N2O6S2-2. The molecule has 10 heteroatoms. The van der Waals surface area contributed by atoms with Gasteiger partial charge in [-0.25, -0.2) is 4.79 Å². The van der Waals surface area contributed by atoms with Crippen LogP contribution >= 0.6 is 11.8 Å². The quantitative estimate of drug-likeness (QED) is 0.180. The van der Waals surface area contributed by atoms with Crippen LogP contribution in [-0.4, -0.2) is 33.8 Å². The van der Waals surface area contributed by atoms with Gasteiger partial charge in [-0.15, -0.1) is 0 Å². The maximum Gasteiger partial charge on any atom is 0.328 e. The summed E-state index contributed by atoms with van der Waals surface area (Å²) in [6.45, 7) is 0. The number of hydrogen-bond donors (Lipinski definition) is 3. The van der Waals surface area contributed by atoms with Crippen molar-refractivity contribution in [1.82, 2.24) is 0 Å². The fourth-order valence-corrected chi connectivity index (χ4v) is 0.497. The van der Waals surface area contributed by atoms with E-state index in [0.29, 0.717) is 0 Å². The molecule has 0 atom stereocenters. The second-order valence-electron chi connectivity index (χ2n) is 1.53. The monoisotopic (exact) mass is 242 g/mol. The van der Waals surface area contributed by atoms with E-state index < -0.39 is 16.4 Å². The van der Waals surface area contributed by atoms with Crippen LogP contribution in [0.5, 0.6) is 0 Å². The zero-order valence-corrected chi connectivity index (χ0v) is 8.17. The van der Waals surface area contributed by atoms with Crippen molar-refractivity contribution in [2.45, 2.75) is 0 Å². The Labute approximate surface area is 83.9 Å². The fourth-order valence-electron chi connectivity index (χ4n) is 0.166. The number of carboxylic acids is 1. The van der Waals surface area contributed by atoms with Gasteiger partial charge in [0.05, 0.1) is 0 Å². The molecule has 0 aliphatic heterocycles. The standard InChI is InChI=1S/C4H6N2O2S.H2O4S/c5-4(6)9-2-1-3(7)8;1-5(2,3)4/h1-2H,(H3,5,6)(H,7,8);(H2,1,2,3,4)/p-2/b2-1-;. The Kier molecular flexibility index (Phi) is 8.04. The molecule has 0 bridgehead atoms. The van der Waals surface area contributed by atoms with Gasteiger partial charge in [0.25, 0.3) is 0 Å². The minimum Gasteiger partial charge on any atom is -0.759 e. The highest BCUT2D eigenvalue weighted by molar-refractivity contribution is 8.16. The second-order valence-corrected chi connectivity index (χ2v) is 3.30. The van der Waals surface area contributed by atoms with Crippen LogP contribution in [0.1, 0.15) is 0 Å². The Morgan fingerprint density at radius 2 is 1.86 bits per heavy atom. The fraction of sp³-hybridized carbons (Fsp3) is 0. The van der Waals surface area contributed by atoms with Crippen molar-refractivity contribution in [2.75, 3.05) is 0 Å². The van der Waals surface area contributed by atoms with E-state index >= 15 is 0 Å². The Bertz CT molecular complexity index is 313. The van der Waals surface area contributed by atoms with Crippen molar-refractivity contribution in [3.05, 3.63) is 11.5 Å². The first-order valence-corrected chi connectivity index (χ1v) is 4.91. The largest absolute Gasteiger partial charge is 0.759 e. The predicted molar refractivity (Wildman–Crippen MR) is 46.8 cm³/mol. The molecule has 4 N–H and O–H groups in total. The lowest BCUT2D eigenvalue weighted by Gasteiger charge is -2.06. The van der Waals surface area contributed by atoms with Gasteiger partial charge < -0.3 is 19.9 Å². The number of carboxylic acid groups (broad SMARTS) is 1. The van der Waals surface area contributed by atoms with Crippen LogP contribution in [0.25, 0.3) is 0 Å². The molecule has 0 aromatic heterocycles. The summed E-state index contributed by atoms with van der Waals surface area (Å²) < 4.78 is 34.1. The number of rotatable bonds is 2. The first-order chi connectivity index (χ1) is 6.13. The molecule has 0 saturated carbocycles. The molecule has 14 heavy (non-hydrogen) atoms. The van der Waals surface area contributed by atoms with Gasteiger partial charge in [0, 0.05) is 16.5 Å². The number of thioether (sulfide) groups is 1. The van der Waals surface area contributed by atoms with Crippen molar-refractivity contribution in [3.63, 3.8) is 0 Å². The van der Waals surface area contributed by atoms with E-state index in [1.165, 1.54) is 5.41 Å². The van der Waals surface area contributed by atoms with Crippen LogP contribution in [0.2, 0.25) is 0 Å². The highest BCUT2D eigenvalue weighted by Gasteiger charge is 1.85. The lowest BCUT2D eigenvalue weighted by molar-refractivity contribution is -0.131. The molecule has 0 radical (unpaired) electrons.